The number of hydrogen-bond acceptors (Lipinski definition) is 2. The van der Waals surface area contributed by atoms with E-state index in [1.165, 1.54) is 6.42 Å². The van der Waals surface area contributed by atoms with Gasteiger partial charge >= 0.3 is 6.09 Å². The fourth-order valence-corrected chi connectivity index (χ4v) is 2.66. The van der Waals surface area contributed by atoms with Gasteiger partial charge in [0.2, 0.25) is 0 Å². The van der Waals surface area contributed by atoms with E-state index in [9.17, 15) is 4.79 Å². The van der Waals surface area contributed by atoms with Gasteiger partial charge in [-0.2, -0.15) is 0 Å². The summed E-state index contributed by atoms with van der Waals surface area (Å²) in [4.78, 5) is 11.9. The van der Waals surface area contributed by atoms with E-state index in [0.29, 0.717) is 0 Å². The van der Waals surface area contributed by atoms with Gasteiger partial charge in [-0.3, -0.25) is 0 Å². The maximum atomic E-state index is 11.9. The van der Waals surface area contributed by atoms with Crippen LogP contribution in [0, 0.1) is 5.41 Å². The molecule has 1 aliphatic rings. The lowest BCUT2D eigenvalue weighted by atomic mass is 9.61. The second kappa shape index (κ2) is 4.79. The van der Waals surface area contributed by atoms with Gasteiger partial charge < -0.3 is 10.1 Å². The van der Waals surface area contributed by atoms with Crippen molar-refractivity contribution in [2.45, 2.75) is 65.0 Å². The Morgan fingerprint density at radius 1 is 1.29 bits per heavy atom. The summed E-state index contributed by atoms with van der Waals surface area (Å²) in [5.41, 5.74) is -0.505. The van der Waals surface area contributed by atoms with Crippen LogP contribution in [-0.4, -0.2) is 22.6 Å². The highest BCUT2D eigenvalue weighted by Crippen LogP contribution is 2.46. The molecular formula is C13H24BrNO2. The van der Waals surface area contributed by atoms with E-state index < -0.39 is 5.60 Å². The molecule has 1 amide bonds. The molecule has 1 fully saturated rings. The van der Waals surface area contributed by atoms with Gasteiger partial charge in [-0.05, 0) is 45.4 Å². The monoisotopic (exact) mass is 305 g/mol. The summed E-state index contributed by atoms with van der Waals surface area (Å²) < 4.78 is 5.34. The summed E-state index contributed by atoms with van der Waals surface area (Å²) in [6, 6.07) is 0. The lowest BCUT2D eigenvalue weighted by Crippen LogP contribution is -2.63. The van der Waals surface area contributed by atoms with Crippen molar-refractivity contribution in [1.82, 2.24) is 5.32 Å². The minimum Gasteiger partial charge on any atom is -0.444 e. The molecule has 0 aromatic rings. The normalized spacial score (nSPS) is 19.4. The highest BCUT2D eigenvalue weighted by atomic mass is 79.9. The second-order valence-corrected chi connectivity index (χ2v) is 7.14. The predicted octanol–water partition coefficient (Wildman–Crippen LogP) is 3.85. The molecule has 0 saturated heterocycles. The number of amides is 1. The highest BCUT2D eigenvalue weighted by Gasteiger charge is 2.50. The Labute approximate surface area is 113 Å². The first-order valence-corrected chi connectivity index (χ1v) is 7.31. The average Bonchev–Trinajstić information content (AvgIpc) is 2.08. The zero-order valence-electron chi connectivity index (χ0n) is 11.5. The van der Waals surface area contributed by atoms with Crippen LogP contribution in [0.25, 0.3) is 0 Å². The van der Waals surface area contributed by atoms with Gasteiger partial charge in [-0.25, -0.2) is 4.79 Å². The molecule has 0 spiro atoms. The summed E-state index contributed by atoms with van der Waals surface area (Å²) in [6.07, 6.45) is 2.94. The molecule has 1 N–H and O–H groups in total. The Kier molecular flexibility index (Phi) is 4.17. The molecule has 0 aliphatic heterocycles. The van der Waals surface area contributed by atoms with Crippen molar-refractivity contribution in [2.24, 2.45) is 5.41 Å². The van der Waals surface area contributed by atoms with Crippen molar-refractivity contribution in [2.75, 3.05) is 5.33 Å². The number of alkyl carbamates (subject to hydrolysis) is 1. The zero-order chi connectivity index (χ0) is 13.3. The molecule has 1 aliphatic carbocycles. The topological polar surface area (TPSA) is 38.3 Å². The lowest BCUT2D eigenvalue weighted by molar-refractivity contribution is 0.0126. The molecule has 0 aromatic carbocycles. The molecule has 0 heterocycles. The summed E-state index contributed by atoms with van der Waals surface area (Å²) >= 11 is 3.54. The van der Waals surface area contributed by atoms with Gasteiger partial charge in [0, 0.05) is 10.9 Å². The van der Waals surface area contributed by atoms with Crippen molar-refractivity contribution in [3.8, 4) is 0 Å². The fourth-order valence-electron chi connectivity index (χ4n) is 2.13. The van der Waals surface area contributed by atoms with Gasteiger partial charge in [0.15, 0.2) is 0 Å². The molecule has 17 heavy (non-hydrogen) atoms. The average molecular weight is 306 g/mol. The Hall–Kier alpha value is -0.250. The number of nitrogens with one attached hydrogen (secondary N) is 1. The van der Waals surface area contributed by atoms with Crippen molar-refractivity contribution in [3.05, 3.63) is 0 Å². The summed E-state index contributed by atoms with van der Waals surface area (Å²) in [6.45, 7) is 10.0. The third-order valence-corrected chi connectivity index (χ3v) is 4.98. The zero-order valence-corrected chi connectivity index (χ0v) is 13.1. The van der Waals surface area contributed by atoms with Crippen molar-refractivity contribution in [3.63, 3.8) is 0 Å². The van der Waals surface area contributed by atoms with Crippen molar-refractivity contribution >= 4 is 22.0 Å². The van der Waals surface area contributed by atoms with Crippen LogP contribution < -0.4 is 5.32 Å². The minimum atomic E-state index is -0.437. The smallest absolute Gasteiger partial charge is 0.408 e. The maximum absolute atomic E-state index is 11.9. The van der Waals surface area contributed by atoms with Crippen molar-refractivity contribution < 1.29 is 9.53 Å². The summed E-state index contributed by atoms with van der Waals surface area (Å²) in [5.74, 6) is 0. The first-order chi connectivity index (χ1) is 7.62. The fraction of sp³-hybridized carbons (Fsp3) is 0.923. The van der Waals surface area contributed by atoms with Crippen LogP contribution >= 0.6 is 15.9 Å². The first-order valence-electron chi connectivity index (χ1n) is 6.19. The Bertz CT molecular complexity index is 290. The van der Waals surface area contributed by atoms with E-state index in [-0.39, 0.29) is 17.0 Å². The number of ether oxygens (including phenoxy) is 1. The van der Waals surface area contributed by atoms with Crippen LogP contribution in [0.4, 0.5) is 4.79 Å². The van der Waals surface area contributed by atoms with E-state index in [0.717, 1.165) is 18.2 Å². The quantitative estimate of drug-likeness (QED) is 0.804. The number of alkyl halides is 1. The molecule has 3 nitrogen and oxygen atoms in total. The maximum Gasteiger partial charge on any atom is 0.408 e. The molecule has 100 valence electrons. The van der Waals surface area contributed by atoms with Gasteiger partial charge in [-0.1, -0.05) is 29.8 Å². The van der Waals surface area contributed by atoms with Crippen molar-refractivity contribution in [1.29, 1.82) is 0 Å². The van der Waals surface area contributed by atoms with E-state index in [1.54, 1.807) is 0 Å². The number of carbonyl (C=O) groups is 1. The Balaban J connectivity index is 2.68. The van der Waals surface area contributed by atoms with E-state index in [1.807, 2.05) is 20.8 Å². The van der Waals surface area contributed by atoms with E-state index in [4.69, 9.17) is 4.74 Å². The van der Waals surface area contributed by atoms with Crippen LogP contribution in [0.3, 0.4) is 0 Å². The Morgan fingerprint density at radius 2 is 1.82 bits per heavy atom. The SMILES string of the molecule is CC(C)(C)OC(=O)NC1(C(C)(C)CBr)CCC1. The van der Waals surface area contributed by atoms with Gasteiger partial charge in [-0.15, -0.1) is 0 Å². The van der Waals surface area contributed by atoms with E-state index in [2.05, 4.69) is 35.1 Å². The number of hydrogen-bond donors (Lipinski definition) is 1. The van der Waals surface area contributed by atoms with Gasteiger partial charge in [0.1, 0.15) is 5.60 Å². The molecule has 1 rings (SSSR count). The van der Waals surface area contributed by atoms with Crippen LogP contribution in [0.1, 0.15) is 53.9 Å². The molecule has 4 heteroatoms. The molecule has 0 atom stereocenters. The largest absolute Gasteiger partial charge is 0.444 e. The standard InChI is InChI=1S/C13H24BrNO2/c1-11(2,3)17-10(16)15-13(7-6-8-13)12(4,5)9-14/h6-9H2,1-5H3,(H,15,16). The summed E-state index contributed by atoms with van der Waals surface area (Å²) in [7, 11) is 0. The molecular weight excluding hydrogens is 282 g/mol. The third-order valence-electron chi connectivity index (χ3n) is 3.58. The minimum absolute atomic E-state index is 0.0438. The third kappa shape index (κ3) is 3.36. The van der Waals surface area contributed by atoms with E-state index >= 15 is 0 Å². The Morgan fingerprint density at radius 3 is 2.12 bits per heavy atom. The number of carbonyl (C=O) groups excluding carboxylic acids is 1. The van der Waals surface area contributed by atoms with Gasteiger partial charge in [0.05, 0.1) is 0 Å². The van der Waals surface area contributed by atoms with Crippen LogP contribution in [-0.2, 0) is 4.74 Å². The second-order valence-electron chi connectivity index (χ2n) is 6.58. The number of halogens is 1. The van der Waals surface area contributed by atoms with Crippen LogP contribution in [0.15, 0.2) is 0 Å². The number of rotatable bonds is 3. The molecule has 0 aromatic heterocycles. The first kappa shape index (κ1) is 14.8. The molecule has 0 unspecified atom stereocenters. The summed E-state index contributed by atoms with van der Waals surface area (Å²) in [5, 5.41) is 3.96. The molecule has 0 bridgehead atoms. The highest BCUT2D eigenvalue weighted by molar-refractivity contribution is 9.09. The predicted molar refractivity (Wildman–Crippen MR) is 73.5 cm³/mol. The van der Waals surface area contributed by atoms with Crippen LogP contribution in [0.2, 0.25) is 0 Å². The van der Waals surface area contributed by atoms with Gasteiger partial charge in [0.25, 0.3) is 0 Å². The molecule has 1 saturated carbocycles. The van der Waals surface area contributed by atoms with Crippen LogP contribution in [0.5, 0.6) is 0 Å². The molecule has 0 radical (unpaired) electrons. The lowest BCUT2D eigenvalue weighted by Gasteiger charge is -2.52.